The number of carbonyl (C=O) groups is 2. The standard InChI is InChI=1S/C22H26N2O2.C7H6O2/c1-22(2,3)24-13-7-15-26-20-11-5-4-8-18(20)21(25)17-9-6-10-19-16(17)12-14-23-19;8-7(9)6-4-2-1-3-5-6/h4-6,8-12,14,23-24H,7,13,15H2,1-3H3;1-5H,(H,8,9). The Kier molecular flexibility index (Phi) is 8.81. The van der Waals surface area contributed by atoms with Gasteiger partial charge in [0.1, 0.15) is 5.75 Å². The fourth-order valence-corrected chi connectivity index (χ4v) is 3.51. The molecule has 1 aromatic heterocycles. The van der Waals surface area contributed by atoms with Crippen LogP contribution in [0.25, 0.3) is 10.9 Å². The van der Waals surface area contributed by atoms with E-state index in [1.54, 1.807) is 30.3 Å². The van der Waals surface area contributed by atoms with Crippen molar-refractivity contribution in [2.45, 2.75) is 32.7 Å². The van der Waals surface area contributed by atoms with Crippen molar-refractivity contribution in [1.29, 1.82) is 0 Å². The van der Waals surface area contributed by atoms with Gasteiger partial charge in [0.15, 0.2) is 5.78 Å². The summed E-state index contributed by atoms with van der Waals surface area (Å²) in [6.45, 7) is 7.88. The van der Waals surface area contributed by atoms with Gasteiger partial charge in [-0.2, -0.15) is 0 Å². The van der Waals surface area contributed by atoms with Crippen molar-refractivity contribution in [2.75, 3.05) is 13.2 Å². The maximum absolute atomic E-state index is 13.1. The molecule has 0 aliphatic rings. The Morgan fingerprint density at radius 3 is 2.26 bits per heavy atom. The Labute approximate surface area is 206 Å². The predicted octanol–water partition coefficient (Wildman–Crippen LogP) is 5.94. The molecular formula is C29H32N2O4. The van der Waals surface area contributed by atoms with Gasteiger partial charge in [-0.3, -0.25) is 4.79 Å². The Morgan fingerprint density at radius 2 is 1.57 bits per heavy atom. The van der Waals surface area contributed by atoms with Gasteiger partial charge in [0.05, 0.1) is 17.7 Å². The molecule has 4 rings (SSSR count). The first kappa shape index (κ1) is 25.7. The lowest BCUT2D eigenvalue weighted by atomic mass is 9.99. The van der Waals surface area contributed by atoms with Gasteiger partial charge in [-0.15, -0.1) is 0 Å². The molecule has 6 nitrogen and oxygen atoms in total. The van der Waals surface area contributed by atoms with Crippen LogP contribution in [0.1, 0.15) is 53.5 Å². The van der Waals surface area contributed by atoms with Crippen LogP contribution in [0.2, 0.25) is 0 Å². The number of carboxylic acid groups (broad SMARTS) is 1. The first-order valence-corrected chi connectivity index (χ1v) is 11.6. The van der Waals surface area contributed by atoms with E-state index in [9.17, 15) is 9.59 Å². The highest BCUT2D eigenvalue weighted by Gasteiger charge is 2.17. The third kappa shape index (κ3) is 7.55. The zero-order valence-corrected chi connectivity index (χ0v) is 20.4. The average Bonchev–Trinajstić information content (AvgIpc) is 3.33. The van der Waals surface area contributed by atoms with E-state index in [0.29, 0.717) is 29.0 Å². The quantitative estimate of drug-likeness (QED) is 0.218. The number of nitrogens with one attached hydrogen (secondary N) is 2. The monoisotopic (exact) mass is 472 g/mol. The normalized spacial score (nSPS) is 10.9. The molecule has 3 N–H and O–H groups in total. The van der Waals surface area contributed by atoms with E-state index in [1.165, 1.54) is 0 Å². The number of para-hydroxylation sites is 1. The second-order valence-corrected chi connectivity index (χ2v) is 9.12. The molecular weight excluding hydrogens is 440 g/mol. The first-order valence-electron chi connectivity index (χ1n) is 11.6. The summed E-state index contributed by atoms with van der Waals surface area (Å²) in [6.07, 6.45) is 2.74. The number of benzene rings is 3. The predicted molar refractivity (Wildman–Crippen MR) is 139 cm³/mol. The minimum absolute atomic E-state index is 0.0152. The molecule has 0 atom stereocenters. The molecule has 182 valence electrons. The zero-order chi connectivity index (χ0) is 25.3. The van der Waals surface area contributed by atoms with Gasteiger partial charge in [0, 0.05) is 28.2 Å². The zero-order valence-electron chi connectivity index (χ0n) is 20.4. The van der Waals surface area contributed by atoms with Crippen molar-refractivity contribution in [3.63, 3.8) is 0 Å². The van der Waals surface area contributed by atoms with E-state index in [2.05, 4.69) is 31.1 Å². The van der Waals surface area contributed by atoms with E-state index in [1.807, 2.05) is 54.7 Å². The number of hydrogen-bond acceptors (Lipinski definition) is 4. The Bertz CT molecular complexity index is 1260. The number of carboxylic acids is 1. The van der Waals surface area contributed by atoms with E-state index in [0.717, 1.165) is 23.9 Å². The lowest BCUT2D eigenvalue weighted by molar-refractivity contribution is 0.0696. The van der Waals surface area contributed by atoms with Crippen LogP contribution in [0.5, 0.6) is 5.75 Å². The van der Waals surface area contributed by atoms with Crippen LogP contribution < -0.4 is 10.1 Å². The van der Waals surface area contributed by atoms with Crippen LogP contribution in [0.4, 0.5) is 0 Å². The molecule has 0 radical (unpaired) electrons. The number of aromatic amines is 1. The maximum atomic E-state index is 13.1. The van der Waals surface area contributed by atoms with Crippen molar-refractivity contribution in [3.05, 3.63) is 102 Å². The number of fused-ring (bicyclic) bond motifs is 1. The van der Waals surface area contributed by atoms with Crippen molar-refractivity contribution >= 4 is 22.7 Å². The smallest absolute Gasteiger partial charge is 0.335 e. The molecule has 0 saturated heterocycles. The SMILES string of the molecule is CC(C)(C)NCCCOc1ccccc1C(=O)c1cccc2[nH]ccc12.O=C(O)c1ccccc1. The number of aromatic nitrogens is 1. The molecule has 4 aromatic rings. The molecule has 6 heteroatoms. The van der Waals surface area contributed by atoms with Crippen molar-refractivity contribution in [2.24, 2.45) is 0 Å². The lowest BCUT2D eigenvalue weighted by Gasteiger charge is -2.20. The number of H-pyrrole nitrogens is 1. The Hall–Kier alpha value is -3.90. The van der Waals surface area contributed by atoms with Crippen molar-refractivity contribution < 1.29 is 19.4 Å². The van der Waals surface area contributed by atoms with Gasteiger partial charge >= 0.3 is 5.97 Å². The van der Waals surface area contributed by atoms with Crippen LogP contribution in [-0.4, -0.2) is 40.5 Å². The first-order chi connectivity index (χ1) is 16.8. The fraction of sp³-hybridized carbons (Fsp3) is 0.241. The summed E-state index contributed by atoms with van der Waals surface area (Å²) in [4.78, 5) is 26.4. The average molecular weight is 473 g/mol. The molecule has 0 bridgehead atoms. The van der Waals surface area contributed by atoms with Gasteiger partial charge in [-0.1, -0.05) is 42.5 Å². The van der Waals surface area contributed by atoms with Crippen LogP contribution >= 0.6 is 0 Å². The maximum Gasteiger partial charge on any atom is 0.335 e. The molecule has 0 fully saturated rings. The number of carbonyl (C=O) groups excluding carboxylic acids is 1. The molecule has 0 aliphatic carbocycles. The molecule has 0 aliphatic heterocycles. The number of ether oxygens (including phenoxy) is 1. The summed E-state index contributed by atoms with van der Waals surface area (Å²) >= 11 is 0. The largest absolute Gasteiger partial charge is 0.493 e. The molecule has 0 unspecified atom stereocenters. The van der Waals surface area contributed by atoms with E-state index in [4.69, 9.17) is 9.84 Å². The van der Waals surface area contributed by atoms with Crippen molar-refractivity contribution in [3.8, 4) is 5.75 Å². The molecule has 0 spiro atoms. The summed E-state index contributed by atoms with van der Waals surface area (Å²) in [6, 6.07) is 23.4. The van der Waals surface area contributed by atoms with Gasteiger partial charge in [-0.05, 0) is 70.1 Å². The molecule has 35 heavy (non-hydrogen) atoms. The third-order valence-corrected chi connectivity index (χ3v) is 5.23. The number of ketones is 1. The number of hydrogen-bond donors (Lipinski definition) is 3. The lowest BCUT2D eigenvalue weighted by Crippen LogP contribution is -2.36. The van der Waals surface area contributed by atoms with Crippen LogP contribution in [0.15, 0.2) is 85.1 Å². The highest BCUT2D eigenvalue weighted by Crippen LogP contribution is 2.25. The molecule has 1 heterocycles. The van der Waals surface area contributed by atoms with Crippen molar-refractivity contribution in [1.82, 2.24) is 10.3 Å². The second kappa shape index (κ2) is 12.0. The summed E-state index contributed by atoms with van der Waals surface area (Å²) in [5.41, 5.74) is 2.68. The number of aromatic carboxylic acids is 1. The van der Waals surface area contributed by atoms with Crippen LogP contribution in [-0.2, 0) is 0 Å². The third-order valence-electron chi connectivity index (χ3n) is 5.23. The highest BCUT2D eigenvalue weighted by atomic mass is 16.5. The van der Waals surface area contributed by atoms with E-state index >= 15 is 0 Å². The minimum atomic E-state index is -0.879. The van der Waals surface area contributed by atoms with E-state index < -0.39 is 5.97 Å². The number of rotatable bonds is 8. The molecule has 3 aromatic carbocycles. The molecule has 0 saturated carbocycles. The summed E-state index contributed by atoms with van der Waals surface area (Å²) in [5, 5.41) is 12.8. The summed E-state index contributed by atoms with van der Waals surface area (Å²) in [5.74, 6) is -0.255. The highest BCUT2D eigenvalue weighted by molar-refractivity contribution is 6.17. The second-order valence-electron chi connectivity index (χ2n) is 9.12. The van der Waals surface area contributed by atoms with Gasteiger partial charge in [-0.25, -0.2) is 4.79 Å². The van der Waals surface area contributed by atoms with Gasteiger partial charge in [0.25, 0.3) is 0 Å². The Morgan fingerprint density at radius 1 is 0.886 bits per heavy atom. The van der Waals surface area contributed by atoms with E-state index in [-0.39, 0.29) is 11.3 Å². The fourth-order valence-electron chi connectivity index (χ4n) is 3.51. The Balaban J connectivity index is 0.000000320. The molecule has 0 amide bonds. The van der Waals surface area contributed by atoms with Crippen LogP contribution in [0.3, 0.4) is 0 Å². The summed E-state index contributed by atoms with van der Waals surface area (Å²) in [7, 11) is 0. The van der Waals surface area contributed by atoms with Gasteiger partial charge in [0.2, 0.25) is 0 Å². The minimum Gasteiger partial charge on any atom is -0.493 e. The summed E-state index contributed by atoms with van der Waals surface area (Å²) < 4.78 is 5.92. The topological polar surface area (TPSA) is 91.4 Å². The van der Waals surface area contributed by atoms with Crippen LogP contribution in [0, 0.1) is 0 Å². The van der Waals surface area contributed by atoms with Gasteiger partial charge < -0.3 is 20.1 Å².